The number of nitrogens with one attached hydrogen (secondary N) is 1. The summed E-state index contributed by atoms with van der Waals surface area (Å²) in [7, 11) is 0. The molecule has 0 saturated carbocycles. The summed E-state index contributed by atoms with van der Waals surface area (Å²) in [5.41, 5.74) is 8.09. The van der Waals surface area contributed by atoms with E-state index >= 15 is 0 Å². The second-order valence-corrected chi connectivity index (χ2v) is 9.04. The Morgan fingerprint density at radius 2 is 1.82 bits per heavy atom. The van der Waals surface area contributed by atoms with Crippen molar-refractivity contribution in [3.63, 3.8) is 0 Å². The zero-order chi connectivity index (χ0) is 27.5. The van der Waals surface area contributed by atoms with Crippen LogP contribution in [0.1, 0.15) is 27.7 Å². The number of carbonyl (C=O) groups excluding carboxylic acids is 2. The highest BCUT2D eigenvalue weighted by molar-refractivity contribution is 6.28. The van der Waals surface area contributed by atoms with Gasteiger partial charge in [-0.05, 0) is 59.5 Å². The van der Waals surface area contributed by atoms with Crippen LogP contribution in [0.15, 0.2) is 73.2 Å². The number of benzene rings is 2. The van der Waals surface area contributed by atoms with Crippen LogP contribution in [0.3, 0.4) is 0 Å². The van der Waals surface area contributed by atoms with Gasteiger partial charge in [0.25, 0.3) is 0 Å². The summed E-state index contributed by atoms with van der Waals surface area (Å²) >= 11 is 5.91. The summed E-state index contributed by atoms with van der Waals surface area (Å²) in [5.74, 6) is -2.55. The van der Waals surface area contributed by atoms with Crippen LogP contribution in [0.25, 0.3) is 22.2 Å². The maximum Gasteiger partial charge on any atom is 0.248 e. The molecule has 0 unspecified atom stereocenters. The van der Waals surface area contributed by atoms with Crippen molar-refractivity contribution in [3.8, 4) is 11.1 Å². The van der Waals surface area contributed by atoms with Crippen molar-refractivity contribution in [1.29, 1.82) is 0 Å². The van der Waals surface area contributed by atoms with Crippen molar-refractivity contribution in [2.24, 2.45) is 5.73 Å². The van der Waals surface area contributed by atoms with Gasteiger partial charge in [0, 0.05) is 29.6 Å². The van der Waals surface area contributed by atoms with Gasteiger partial charge in [-0.1, -0.05) is 18.2 Å². The van der Waals surface area contributed by atoms with Gasteiger partial charge in [0.05, 0.1) is 23.3 Å². The summed E-state index contributed by atoms with van der Waals surface area (Å²) in [4.78, 5) is 37.6. The number of aromatic nitrogens is 5. The van der Waals surface area contributed by atoms with E-state index in [0.29, 0.717) is 39.0 Å². The first-order valence-electron chi connectivity index (χ1n) is 11.7. The first-order valence-corrected chi connectivity index (χ1v) is 12.1. The van der Waals surface area contributed by atoms with Crippen LogP contribution in [0.2, 0.25) is 5.28 Å². The molecule has 9 nitrogen and oxygen atoms in total. The molecule has 2 aromatic carbocycles. The Hall–Kier alpha value is -4.77. The van der Waals surface area contributed by atoms with Crippen molar-refractivity contribution in [2.45, 2.75) is 19.0 Å². The molecule has 12 heteroatoms. The molecule has 0 saturated heterocycles. The minimum absolute atomic E-state index is 0.00647. The van der Waals surface area contributed by atoms with Crippen LogP contribution in [0, 0.1) is 11.6 Å². The van der Waals surface area contributed by atoms with Gasteiger partial charge in [0.2, 0.25) is 17.1 Å². The molecule has 3 heterocycles. The maximum absolute atomic E-state index is 14.0. The average molecular weight is 548 g/mol. The van der Waals surface area contributed by atoms with E-state index in [1.54, 1.807) is 42.6 Å². The molecule has 1 atom stereocenters. The van der Waals surface area contributed by atoms with Gasteiger partial charge < -0.3 is 11.1 Å². The zero-order valence-electron chi connectivity index (χ0n) is 20.2. The summed E-state index contributed by atoms with van der Waals surface area (Å²) < 4.78 is 29.4. The Balaban J connectivity index is 1.52. The number of rotatable bonds is 8. The standard InChI is InChI=1S/C27H20ClF2N7O2/c28-27-33-12-18-13-34-37(26(18)36-27)14-23(38)35-22(9-15-7-19(29)11-20(30)8-15)24-21(5-2-6-32-24)16-3-1-4-17(10-16)25(31)39/h1-8,10-13,22H,9,14H2,(H2,31,39)(H,35,38)/t22-/m0/s1. The van der Waals surface area contributed by atoms with Gasteiger partial charge >= 0.3 is 0 Å². The third-order valence-corrected chi connectivity index (χ3v) is 6.15. The van der Waals surface area contributed by atoms with Crippen molar-refractivity contribution in [3.05, 3.63) is 107 Å². The van der Waals surface area contributed by atoms with Crippen LogP contribution in [0.4, 0.5) is 8.78 Å². The molecule has 0 spiro atoms. The van der Waals surface area contributed by atoms with Gasteiger partial charge in [-0.3, -0.25) is 14.6 Å². The Morgan fingerprint density at radius 1 is 1.03 bits per heavy atom. The molecule has 3 aromatic heterocycles. The normalized spacial score (nSPS) is 11.9. The van der Waals surface area contributed by atoms with E-state index in [0.717, 1.165) is 6.07 Å². The van der Waals surface area contributed by atoms with Crippen molar-refractivity contribution in [2.75, 3.05) is 0 Å². The SMILES string of the molecule is NC(=O)c1cccc(-c2cccnc2[C@H](Cc2cc(F)cc(F)c2)NC(=O)Cn2ncc3cnc(Cl)nc32)c1. The Morgan fingerprint density at radius 3 is 2.59 bits per heavy atom. The largest absolute Gasteiger partial charge is 0.366 e. The molecular weight excluding hydrogens is 528 g/mol. The van der Waals surface area contributed by atoms with E-state index in [1.165, 1.54) is 29.2 Å². The monoisotopic (exact) mass is 547 g/mol. The second kappa shape index (κ2) is 10.9. The van der Waals surface area contributed by atoms with Crippen LogP contribution in [-0.4, -0.2) is 36.5 Å². The number of hydrogen-bond donors (Lipinski definition) is 2. The minimum atomic E-state index is -0.813. The van der Waals surface area contributed by atoms with Crippen molar-refractivity contribution in [1.82, 2.24) is 30.0 Å². The summed E-state index contributed by atoms with van der Waals surface area (Å²) in [6.07, 6.45) is 4.57. The van der Waals surface area contributed by atoms with Gasteiger partial charge in [0.1, 0.15) is 18.2 Å². The summed E-state index contributed by atoms with van der Waals surface area (Å²) in [6.45, 7) is -0.218. The lowest BCUT2D eigenvalue weighted by atomic mass is 9.94. The molecule has 5 aromatic rings. The Bertz CT molecular complexity index is 1690. The number of pyridine rings is 1. The highest BCUT2D eigenvalue weighted by Gasteiger charge is 2.22. The third kappa shape index (κ3) is 5.88. The second-order valence-electron chi connectivity index (χ2n) is 8.70. The highest BCUT2D eigenvalue weighted by atomic mass is 35.5. The van der Waals surface area contributed by atoms with Crippen LogP contribution in [0.5, 0.6) is 0 Å². The van der Waals surface area contributed by atoms with Crippen molar-refractivity contribution < 1.29 is 18.4 Å². The third-order valence-electron chi connectivity index (χ3n) is 5.96. The fourth-order valence-corrected chi connectivity index (χ4v) is 4.43. The fourth-order valence-electron chi connectivity index (χ4n) is 4.30. The van der Waals surface area contributed by atoms with Gasteiger partial charge in [-0.2, -0.15) is 10.1 Å². The van der Waals surface area contributed by atoms with E-state index in [-0.39, 0.29) is 18.2 Å². The first-order chi connectivity index (χ1) is 18.8. The topological polar surface area (TPSA) is 129 Å². The zero-order valence-corrected chi connectivity index (χ0v) is 20.9. The quantitative estimate of drug-likeness (QED) is 0.282. The molecule has 2 amide bonds. The number of halogens is 3. The number of carbonyl (C=O) groups is 2. The summed E-state index contributed by atoms with van der Waals surface area (Å²) in [6, 6.07) is 12.5. The average Bonchev–Trinajstić information content (AvgIpc) is 3.29. The summed E-state index contributed by atoms with van der Waals surface area (Å²) in [5, 5.41) is 7.71. The number of primary amides is 1. The van der Waals surface area contributed by atoms with Crippen LogP contribution in [-0.2, 0) is 17.8 Å². The molecule has 0 aliphatic heterocycles. The molecule has 5 rings (SSSR count). The highest BCUT2D eigenvalue weighted by Crippen LogP contribution is 2.30. The lowest BCUT2D eigenvalue weighted by Gasteiger charge is -2.22. The number of nitrogens with zero attached hydrogens (tertiary/aromatic N) is 5. The van der Waals surface area contributed by atoms with E-state index in [9.17, 15) is 18.4 Å². The minimum Gasteiger partial charge on any atom is -0.366 e. The smallest absolute Gasteiger partial charge is 0.248 e. The molecule has 3 N–H and O–H groups in total. The van der Waals surface area contributed by atoms with Gasteiger partial charge in [-0.15, -0.1) is 0 Å². The van der Waals surface area contributed by atoms with E-state index in [4.69, 9.17) is 17.3 Å². The molecule has 196 valence electrons. The Kier molecular flexibility index (Phi) is 7.24. The number of nitrogens with two attached hydrogens (primary N) is 1. The van der Waals surface area contributed by atoms with Crippen LogP contribution >= 0.6 is 11.6 Å². The lowest BCUT2D eigenvalue weighted by molar-refractivity contribution is -0.122. The molecule has 0 aliphatic carbocycles. The molecule has 0 radical (unpaired) electrons. The first kappa shape index (κ1) is 25.9. The lowest BCUT2D eigenvalue weighted by Crippen LogP contribution is -2.34. The van der Waals surface area contributed by atoms with E-state index in [2.05, 4.69) is 25.4 Å². The van der Waals surface area contributed by atoms with Gasteiger partial charge in [0.15, 0.2) is 5.65 Å². The van der Waals surface area contributed by atoms with Gasteiger partial charge in [-0.25, -0.2) is 18.4 Å². The fraction of sp³-hybridized carbons (Fsp3) is 0.111. The molecule has 0 aliphatic rings. The number of fused-ring (bicyclic) bond motifs is 1. The molecule has 0 fully saturated rings. The van der Waals surface area contributed by atoms with Crippen LogP contribution < -0.4 is 11.1 Å². The molecular formula is C27H20ClF2N7O2. The maximum atomic E-state index is 14.0. The Labute approximate surface area is 225 Å². The van der Waals surface area contributed by atoms with E-state index < -0.39 is 29.5 Å². The predicted molar refractivity (Wildman–Crippen MR) is 139 cm³/mol. The number of amides is 2. The molecule has 0 bridgehead atoms. The number of hydrogen-bond acceptors (Lipinski definition) is 6. The van der Waals surface area contributed by atoms with Crippen molar-refractivity contribution >= 4 is 34.4 Å². The predicted octanol–water partition coefficient (Wildman–Crippen LogP) is 4.02. The molecule has 39 heavy (non-hydrogen) atoms. The van der Waals surface area contributed by atoms with E-state index in [1.807, 2.05) is 0 Å².